The molecule has 3 heteroatoms. The fourth-order valence-electron chi connectivity index (χ4n) is 3.36. The van der Waals surface area contributed by atoms with Gasteiger partial charge in [0.1, 0.15) is 0 Å². The largest absolute Gasteiger partial charge is 0.326 e. The highest BCUT2D eigenvalue weighted by Gasteiger charge is 2.30. The third kappa shape index (κ3) is 3.40. The van der Waals surface area contributed by atoms with Crippen molar-refractivity contribution in [2.45, 2.75) is 45.8 Å². The van der Waals surface area contributed by atoms with Gasteiger partial charge in [0.2, 0.25) is 0 Å². The van der Waals surface area contributed by atoms with Crippen LogP contribution >= 0.6 is 0 Å². The Kier molecular flexibility index (Phi) is 5.19. The maximum atomic E-state index is 6.29. The van der Waals surface area contributed by atoms with Gasteiger partial charge in [-0.2, -0.15) is 0 Å². The molecule has 0 radical (unpaired) electrons. The Labute approximate surface area is 123 Å². The Morgan fingerprint density at radius 1 is 1.25 bits per heavy atom. The predicted molar refractivity (Wildman–Crippen MR) is 85.9 cm³/mol. The van der Waals surface area contributed by atoms with Crippen LogP contribution in [0.1, 0.15) is 37.9 Å². The molecular weight excluding hydrogens is 246 g/mol. The van der Waals surface area contributed by atoms with E-state index in [0.717, 1.165) is 26.2 Å². The zero-order chi connectivity index (χ0) is 14.7. The van der Waals surface area contributed by atoms with Crippen molar-refractivity contribution >= 4 is 0 Å². The molecule has 2 N–H and O–H groups in total. The molecule has 0 amide bonds. The van der Waals surface area contributed by atoms with Crippen molar-refractivity contribution in [2.24, 2.45) is 5.73 Å². The first-order valence-electron chi connectivity index (χ1n) is 7.83. The summed E-state index contributed by atoms with van der Waals surface area (Å²) in [4.78, 5) is 5.11. The number of likely N-dealkylation sites (N-methyl/N-ethyl adjacent to an activating group) is 1. The van der Waals surface area contributed by atoms with Crippen molar-refractivity contribution in [1.82, 2.24) is 9.80 Å². The van der Waals surface area contributed by atoms with Crippen LogP contribution in [0, 0.1) is 6.92 Å². The number of nitrogens with two attached hydrogens (primary N) is 1. The van der Waals surface area contributed by atoms with E-state index >= 15 is 0 Å². The highest BCUT2D eigenvalue weighted by molar-refractivity contribution is 5.25. The van der Waals surface area contributed by atoms with Gasteiger partial charge in [-0.1, -0.05) is 36.8 Å². The van der Waals surface area contributed by atoms with Crippen LogP contribution < -0.4 is 5.73 Å². The normalized spacial score (nSPS) is 24.6. The van der Waals surface area contributed by atoms with Crippen LogP contribution in [-0.4, -0.2) is 48.1 Å². The van der Waals surface area contributed by atoms with E-state index in [1.165, 1.54) is 11.1 Å². The Balaban J connectivity index is 2.15. The number of hydrogen-bond acceptors (Lipinski definition) is 3. The van der Waals surface area contributed by atoms with E-state index in [-0.39, 0.29) is 6.04 Å². The highest BCUT2D eigenvalue weighted by Crippen LogP contribution is 2.26. The number of nitrogens with zero attached hydrogens (tertiary/aromatic N) is 2. The summed E-state index contributed by atoms with van der Waals surface area (Å²) in [6.07, 6.45) is 0. The first-order chi connectivity index (χ1) is 9.52. The summed E-state index contributed by atoms with van der Waals surface area (Å²) >= 11 is 0. The first kappa shape index (κ1) is 15.5. The van der Waals surface area contributed by atoms with E-state index in [1.54, 1.807) is 0 Å². The zero-order valence-corrected chi connectivity index (χ0v) is 13.3. The van der Waals surface area contributed by atoms with Crippen LogP contribution in [-0.2, 0) is 0 Å². The van der Waals surface area contributed by atoms with Crippen LogP contribution in [0.2, 0.25) is 0 Å². The summed E-state index contributed by atoms with van der Waals surface area (Å²) in [5.74, 6) is 0. The number of rotatable bonds is 4. The van der Waals surface area contributed by atoms with E-state index in [4.69, 9.17) is 5.73 Å². The third-order valence-electron chi connectivity index (χ3n) is 4.51. The minimum Gasteiger partial charge on any atom is -0.326 e. The van der Waals surface area contributed by atoms with Gasteiger partial charge in [-0.25, -0.2) is 0 Å². The van der Waals surface area contributed by atoms with E-state index < -0.39 is 0 Å². The number of hydrogen-bond donors (Lipinski definition) is 1. The van der Waals surface area contributed by atoms with Gasteiger partial charge >= 0.3 is 0 Å². The molecule has 20 heavy (non-hydrogen) atoms. The molecule has 2 rings (SSSR count). The topological polar surface area (TPSA) is 32.5 Å². The highest BCUT2D eigenvalue weighted by atomic mass is 15.3. The fraction of sp³-hybridized carbons (Fsp3) is 0.647. The van der Waals surface area contributed by atoms with Gasteiger partial charge in [0.15, 0.2) is 0 Å². The molecule has 1 heterocycles. The van der Waals surface area contributed by atoms with E-state index in [0.29, 0.717) is 12.1 Å². The predicted octanol–water partition coefficient (Wildman–Crippen LogP) is 2.41. The summed E-state index contributed by atoms with van der Waals surface area (Å²) in [6, 6.07) is 9.95. The van der Waals surface area contributed by atoms with E-state index in [9.17, 15) is 0 Å². The van der Waals surface area contributed by atoms with E-state index in [1.807, 2.05) is 0 Å². The average molecular weight is 275 g/mol. The molecule has 1 aromatic carbocycles. The Bertz CT molecular complexity index is 413. The standard InChI is InChI=1S/C17H29N3/c1-5-19-10-11-20(12-14(19)3)17(15(4)18)16-8-6-13(2)7-9-16/h6-9,14-15,17H,5,10-12,18H2,1-4H3. The molecule has 0 bridgehead atoms. The molecule has 1 saturated heterocycles. The molecule has 1 aromatic rings. The summed E-state index contributed by atoms with van der Waals surface area (Å²) in [7, 11) is 0. The third-order valence-corrected chi connectivity index (χ3v) is 4.51. The van der Waals surface area contributed by atoms with Crippen molar-refractivity contribution in [3.8, 4) is 0 Å². The lowest BCUT2D eigenvalue weighted by molar-refractivity contribution is 0.0516. The monoisotopic (exact) mass is 275 g/mol. The lowest BCUT2D eigenvalue weighted by Gasteiger charge is -2.44. The molecule has 3 atom stereocenters. The van der Waals surface area contributed by atoms with Gasteiger partial charge in [0.05, 0.1) is 0 Å². The van der Waals surface area contributed by atoms with Crippen molar-refractivity contribution in [3.63, 3.8) is 0 Å². The van der Waals surface area contributed by atoms with Gasteiger partial charge < -0.3 is 5.73 Å². The molecule has 0 saturated carbocycles. The minimum atomic E-state index is 0.151. The molecule has 1 aliphatic rings. The van der Waals surface area contributed by atoms with Gasteiger partial charge in [0, 0.05) is 37.8 Å². The summed E-state index contributed by atoms with van der Waals surface area (Å²) in [5, 5.41) is 0. The molecule has 112 valence electrons. The van der Waals surface area contributed by atoms with Crippen LogP contribution in [0.15, 0.2) is 24.3 Å². The van der Waals surface area contributed by atoms with Crippen molar-refractivity contribution in [2.75, 3.05) is 26.2 Å². The van der Waals surface area contributed by atoms with Gasteiger partial charge in [-0.05, 0) is 32.9 Å². The summed E-state index contributed by atoms with van der Waals surface area (Å²) < 4.78 is 0. The Morgan fingerprint density at radius 3 is 2.40 bits per heavy atom. The molecule has 3 unspecified atom stereocenters. The van der Waals surface area contributed by atoms with Crippen molar-refractivity contribution < 1.29 is 0 Å². The van der Waals surface area contributed by atoms with Crippen molar-refractivity contribution in [3.05, 3.63) is 35.4 Å². The minimum absolute atomic E-state index is 0.151. The molecule has 1 aliphatic heterocycles. The average Bonchev–Trinajstić information content (AvgIpc) is 2.41. The van der Waals surface area contributed by atoms with Gasteiger partial charge in [-0.3, -0.25) is 9.80 Å². The number of piperazine rings is 1. The lowest BCUT2D eigenvalue weighted by Crippen LogP contribution is -2.54. The van der Waals surface area contributed by atoms with Crippen LogP contribution in [0.5, 0.6) is 0 Å². The maximum Gasteiger partial charge on any atom is 0.0497 e. The molecule has 3 nitrogen and oxygen atoms in total. The Hall–Kier alpha value is -0.900. The molecule has 0 aliphatic carbocycles. The number of benzene rings is 1. The maximum absolute atomic E-state index is 6.29. The smallest absolute Gasteiger partial charge is 0.0497 e. The second-order valence-electron chi connectivity index (χ2n) is 6.19. The second-order valence-corrected chi connectivity index (χ2v) is 6.19. The van der Waals surface area contributed by atoms with E-state index in [2.05, 4.69) is 61.8 Å². The van der Waals surface area contributed by atoms with Gasteiger partial charge in [-0.15, -0.1) is 0 Å². The molecule has 0 spiro atoms. The second kappa shape index (κ2) is 6.70. The molecular formula is C17H29N3. The molecule has 0 aromatic heterocycles. The fourth-order valence-corrected chi connectivity index (χ4v) is 3.36. The molecule has 1 fully saturated rings. The quantitative estimate of drug-likeness (QED) is 0.916. The Morgan fingerprint density at radius 2 is 1.90 bits per heavy atom. The van der Waals surface area contributed by atoms with Crippen LogP contribution in [0.4, 0.5) is 0 Å². The van der Waals surface area contributed by atoms with Gasteiger partial charge in [0.25, 0.3) is 0 Å². The summed E-state index contributed by atoms with van der Waals surface area (Å²) in [6.45, 7) is 13.3. The summed E-state index contributed by atoms with van der Waals surface area (Å²) in [5.41, 5.74) is 8.95. The first-order valence-corrected chi connectivity index (χ1v) is 7.83. The van der Waals surface area contributed by atoms with Crippen LogP contribution in [0.25, 0.3) is 0 Å². The lowest BCUT2D eigenvalue weighted by atomic mass is 9.96. The van der Waals surface area contributed by atoms with Crippen LogP contribution in [0.3, 0.4) is 0 Å². The SMILES string of the molecule is CCN1CCN(C(c2ccc(C)cc2)C(C)N)CC1C. The zero-order valence-electron chi connectivity index (χ0n) is 13.3. The van der Waals surface area contributed by atoms with Crippen molar-refractivity contribution in [1.29, 1.82) is 0 Å². The number of aryl methyl sites for hydroxylation is 1.